The minimum Gasteiger partial charge on any atom is -0.326 e. The first-order valence-electron chi connectivity index (χ1n) is 9.67. The zero-order valence-corrected chi connectivity index (χ0v) is 17.9. The number of ketones is 1. The van der Waals surface area contributed by atoms with Crippen LogP contribution in [0.25, 0.3) is 0 Å². The topological polar surface area (TPSA) is 66.5 Å². The van der Waals surface area contributed by atoms with Crippen molar-refractivity contribution in [3.8, 4) is 0 Å². The highest BCUT2D eigenvalue weighted by atomic mass is 32.1. The lowest BCUT2D eigenvalue weighted by Gasteiger charge is -2.35. The Morgan fingerprint density at radius 1 is 1.09 bits per heavy atom. The van der Waals surface area contributed by atoms with Gasteiger partial charge in [-0.1, -0.05) is 19.9 Å². The number of hydrogen-bond donors (Lipinski definition) is 1. The molecule has 1 N–H and O–H groups in total. The summed E-state index contributed by atoms with van der Waals surface area (Å²) >= 11 is 0.907. The van der Waals surface area contributed by atoms with E-state index >= 15 is 0 Å². The number of benzene rings is 1. The summed E-state index contributed by atoms with van der Waals surface area (Å²) in [7, 11) is 0. The lowest BCUT2D eigenvalue weighted by Crippen LogP contribution is -2.66. The van der Waals surface area contributed by atoms with E-state index < -0.39 is 46.1 Å². The number of amides is 2. The third kappa shape index (κ3) is 3.33. The van der Waals surface area contributed by atoms with Crippen molar-refractivity contribution in [3.05, 3.63) is 63.7 Å². The first-order valence-corrected chi connectivity index (χ1v) is 10.5. The number of anilines is 1. The van der Waals surface area contributed by atoms with Gasteiger partial charge in [-0.15, -0.1) is 11.3 Å². The molecule has 0 bridgehead atoms. The van der Waals surface area contributed by atoms with E-state index in [1.807, 2.05) is 5.32 Å². The Bertz CT molecular complexity index is 1140. The number of halogens is 4. The molecule has 10 heteroatoms. The molecule has 2 amide bonds. The number of thiophene rings is 1. The van der Waals surface area contributed by atoms with E-state index in [1.165, 1.54) is 17.5 Å². The molecule has 2 heterocycles. The van der Waals surface area contributed by atoms with Crippen molar-refractivity contribution in [3.63, 3.8) is 0 Å². The molecule has 0 saturated carbocycles. The molecule has 0 spiro atoms. The van der Waals surface area contributed by atoms with Gasteiger partial charge in [0.2, 0.25) is 5.54 Å². The van der Waals surface area contributed by atoms with Crippen molar-refractivity contribution in [1.82, 2.24) is 5.32 Å². The van der Waals surface area contributed by atoms with Crippen molar-refractivity contribution in [2.75, 3.05) is 4.90 Å². The number of rotatable bonds is 3. The lowest BCUT2D eigenvalue weighted by atomic mass is 9.72. The highest BCUT2D eigenvalue weighted by molar-refractivity contribution is 7.12. The zero-order valence-electron chi connectivity index (χ0n) is 17.0. The van der Waals surface area contributed by atoms with Gasteiger partial charge in [0.1, 0.15) is 5.82 Å². The molecule has 0 saturated heterocycles. The minimum atomic E-state index is -5.30. The maximum absolute atomic E-state index is 14.7. The predicted molar refractivity (Wildman–Crippen MR) is 110 cm³/mol. The highest BCUT2D eigenvalue weighted by Crippen LogP contribution is 2.52. The molecule has 1 atom stereocenters. The van der Waals surface area contributed by atoms with Crippen LogP contribution in [-0.4, -0.2) is 29.3 Å². The predicted octanol–water partition coefficient (Wildman–Crippen LogP) is 4.61. The number of nitrogens with zero attached hydrogens (tertiary/aromatic N) is 1. The number of nitrogens with one attached hydrogen (secondary N) is 1. The fourth-order valence-electron chi connectivity index (χ4n) is 4.25. The number of Topliss-reactive ketones (excluding diaryl/α,β-unsaturated/α-hetero) is 1. The van der Waals surface area contributed by atoms with Crippen LogP contribution in [0.2, 0.25) is 0 Å². The van der Waals surface area contributed by atoms with Gasteiger partial charge in [0.05, 0.1) is 10.5 Å². The van der Waals surface area contributed by atoms with E-state index in [0.29, 0.717) is 0 Å². The first kappa shape index (κ1) is 22.2. The molecule has 168 valence electrons. The van der Waals surface area contributed by atoms with Crippen LogP contribution in [0.15, 0.2) is 53.0 Å². The molecule has 1 aromatic carbocycles. The van der Waals surface area contributed by atoms with Gasteiger partial charge >= 0.3 is 6.18 Å². The van der Waals surface area contributed by atoms with Crippen LogP contribution < -0.4 is 10.2 Å². The molecule has 2 aliphatic rings. The second-order valence-corrected chi connectivity index (χ2v) is 9.51. The van der Waals surface area contributed by atoms with Gasteiger partial charge in [-0.2, -0.15) is 13.2 Å². The van der Waals surface area contributed by atoms with Crippen molar-refractivity contribution in [1.29, 1.82) is 0 Å². The Hall–Kier alpha value is -3.01. The van der Waals surface area contributed by atoms with E-state index in [9.17, 15) is 31.9 Å². The minimum absolute atomic E-state index is 0.0100. The Balaban J connectivity index is 1.95. The normalized spacial score (nSPS) is 22.9. The maximum atomic E-state index is 14.7. The Kier molecular flexibility index (Phi) is 5.04. The fraction of sp³-hybridized carbons (Fsp3) is 0.318. The highest BCUT2D eigenvalue weighted by Gasteiger charge is 2.72. The third-order valence-electron chi connectivity index (χ3n) is 5.58. The van der Waals surface area contributed by atoms with Gasteiger partial charge in [0.15, 0.2) is 5.78 Å². The van der Waals surface area contributed by atoms with Gasteiger partial charge < -0.3 is 5.32 Å². The first-order chi connectivity index (χ1) is 14.9. The van der Waals surface area contributed by atoms with Crippen LogP contribution in [0.4, 0.5) is 23.2 Å². The molecule has 1 aromatic heterocycles. The molecule has 0 unspecified atom stereocenters. The summed E-state index contributed by atoms with van der Waals surface area (Å²) in [6, 6.07) is 7.16. The number of allylic oxidation sites excluding steroid dienone is 1. The van der Waals surface area contributed by atoms with Crippen molar-refractivity contribution in [2.24, 2.45) is 5.41 Å². The Labute approximate surface area is 184 Å². The van der Waals surface area contributed by atoms with Gasteiger partial charge in [-0.05, 0) is 47.5 Å². The van der Waals surface area contributed by atoms with Crippen molar-refractivity contribution >= 4 is 34.6 Å². The molecule has 5 nitrogen and oxygen atoms in total. The summed E-state index contributed by atoms with van der Waals surface area (Å²) in [4.78, 5) is 40.0. The van der Waals surface area contributed by atoms with Crippen LogP contribution in [-0.2, 0) is 9.59 Å². The zero-order chi connectivity index (χ0) is 23.5. The fourth-order valence-corrected chi connectivity index (χ4v) is 4.87. The molecule has 0 radical (unpaired) electrons. The number of carbonyl (C=O) groups excluding carboxylic acids is 3. The van der Waals surface area contributed by atoms with Crippen LogP contribution >= 0.6 is 11.3 Å². The van der Waals surface area contributed by atoms with Gasteiger partial charge in [0, 0.05) is 17.8 Å². The van der Waals surface area contributed by atoms with Crippen LogP contribution in [0.5, 0.6) is 0 Å². The summed E-state index contributed by atoms with van der Waals surface area (Å²) < 4.78 is 57.4. The molecule has 4 rings (SSSR count). The van der Waals surface area contributed by atoms with Crippen LogP contribution in [0, 0.1) is 11.2 Å². The Morgan fingerprint density at radius 2 is 1.75 bits per heavy atom. The average molecular weight is 466 g/mol. The van der Waals surface area contributed by atoms with Crippen LogP contribution in [0.1, 0.15) is 36.4 Å². The molecule has 32 heavy (non-hydrogen) atoms. The summed E-state index contributed by atoms with van der Waals surface area (Å²) in [5, 5.41) is 3.36. The van der Waals surface area contributed by atoms with Crippen LogP contribution in [0.3, 0.4) is 0 Å². The van der Waals surface area contributed by atoms with E-state index in [1.54, 1.807) is 13.8 Å². The van der Waals surface area contributed by atoms with E-state index in [0.717, 1.165) is 40.5 Å². The summed E-state index contributed by atoms with van der Waals surface area (Å²) in [6.45, 7) is 3.42. The second kappa shape index (κ2) is 7.26. The van der Waals surface area contributed by atoms with Crippen molar-refractivity contribution < 1.29 is 31.9 Å². The quantitative estimate of drug-likeness (QED) is 0.672. The monoisotopic (exact) mass is 466 g/mol. The van der Waals surface area contributed by atoms with Gasteiger partial charge in [-0.25, -0.2) is 4.39 Å². The number of carbonyl (C=O) groups is 3. The van der Waals surface area contributed by atoms with Gasteiger partial charge in [0.25, 0.3) is 11.8 Å². The number of hydrogen-bond acceptors (Lipinski definition) is 4. The molecule has 0 fully saturated rings. The molecular formula is C22H18F4N2O3S. The average Bonchev–Trinajstić information content (AvgIpc) is 3.28. The maximum Gasteiger partial charge on any atom is 0.425 e. The third-order valence-corrected chi connectivity index (χ3v) is 6.45. The smallest absolute Gasteiger partial charge is 0.326 e. The van der Waals surface area contributed by atoms with Gasteiger partial charge in [-0.3, -0.25) is 19.3 Å². The second-order valence-electron chi connectivity index (χ2n) is 8.56. The SMILES string of the molecule is CC1(C)CC(=O)C2=C(C1)N(c1ccc(F)cc1)C(=O)[C@@]2(NC(=O)c1cccs1)C(F)(F)F. The van der Waals surface area contributed by atoms with E-state index in [-0.39, 0.29) is 29.1 Å². The number of alkyl halides is 3. The van der Waals surface area contributed by atoms with E-state index in [2.05, 4.69) is 0 Å². The molecule has 1 aliphatic heterocycles. The van der Waals surface area contributed by atoms with Crippen molar-refractivity contribution in [2.45, 2.75) is 38.4 Å². The summed E-state index contributed by atoms with van der Waals surface area (Å²) in [6.07, 6.45) is -5.53. The Morgan fingerprint density at radius 3 is 2.31 bits per heavy atom. The lowest BCUT2D eigenvalue weighted by molar-refractivity contribution is -0.186. The molecule has 1 aliphatic carbocycles. The molecule has 2 aromatic rings. The summed E-state index contributed by atoms with van der Waals surface area (Å²) in [5.41, 5.74) is -5.18. The largest absolute Gasteiger partial charge is 0.425 e. The standard InChI is InChI=1S/C22H18F4N2O3S/c1-20(2)10-14-17(15(29)11-20)21(22(24,25)26,27-18(30)16-4-3-9-32-16)19(31)28(14)13-7-5-12(23)6-8-13/h3-9H,10-11H2,1-2H3,(H,27,30)/t21-/m1/s1. The molecular weight excluding hydrogens is 448 g/mol. The van der Waals surface area contributed by atoms with E-state index in [4.69, 9.17) is 0 Å². The summed E-state index contributed by atoms with van der Waals surface area (Å²) in [5.74, 6) is -4.13.